The van der Waals surface area contributed by atoms with Crippen molar-refractivity contribution in [3.05, 3.63) is 58.7 Å². The largest absolute Gasteiger partial charge is 0.364 e. The van der Waals surface area contributed by atoms with E-state index in [0.29, 0.717) is 5.82 Å². The summed E-state index contributed by atoms with van der Waals surface area (Å²) in [6.07, 6.45) is 2.40. The minimum atomic E-state index is -0.791. The van der Waals surface area contributed by atoms with Gasteiger partial charge < -0.3 is 21.3 Å². The summed E-state index contributed by atoms with van der Waals surface area (Å²) in [5, 5.41) is 13.5. The molecule has 0 spiro atoms. The number of anilines is 4. The molecule has 4 N–H and O–H groups in total. The van der Waals surface area contributed by atoms with Crippen molar-refractivity contribution in [2.24, 2.45) is 5.73 Å². The molecule has 0 unspecified atom stereocenters. The number of carbonyl (C=O) groups is 1. The third kappa shape index (κ3) is 4.03. The van der Waals surface area contributed by atoms with E-state index in [1.54, 1.807) is 18.3 Å². The summed E-state index contributed by atoms with van der Waals surface area (Å²) in [6, 6.07) is 6.93. The first-order valence-corrected chi connectivity index (χ1v) is 9.40. The highest BCUT2D eigenvalue weighted by Crippen LogP contribution is 2.27. The van der Waals surface area contributed by atoms with E-state index in [0.717, 1.165) is 36.2 Å². The van der Waals surface area contributed by atoms with E-state index < -0.39 is 11.7 Å². The molecule has 1 aliphatic heterocycles. The molecule has 1 aromatic carbocycles. The number of aryl methyl sites for hydroxylation is 1. The first-order chi connectivity index (χ1) is 14.4. The number of halogens is 1. The average Bonchev–Trinajstić information content (AvgIpc) is 2.70. The fourth-order valence-electron chi connectivity index (χ4n) is 3.30. The topological polar surface area (TPSA) is 122 Å². The number of nitrogens with zero attached hydrogens (tertiary/aromatic N) is 5. The highest BCUT2D eigenvalue weighted by Gasteiger charge is 2.19. The molecule has 10 heteroatoms. The van der Waals surface area contributed by atoms with Crippen LogP contribution in [0, 0.1) is 12.7 Å². The zero-order chi connectivity index (χ0) is 21.3. The van der Waals surface area contributed by atoms with Crippen LogP contribution in [0.15, 0.2) is 30.5 Å². The summed E-state index contributed by atoms with van der Waals surface area (Å²) in [5.74, 6) is -0.593. The molecule has 0 aliphatic carbocycles. The average molecular weight is 408 g/mol. The van der Waals surface area contributed by atoms with Crippen molar-refractivity contribution in [2.45, 2.75) is 19.9 Å². The molecular weight excluding hydrogens is 387 g/mol. The van der Waals surface area contributed by atoms with Gasteiger partial charge in [-0.15, -0.1) is 10.2 Å². The Hall–Kier alpha value is -3.66. The normalized spacial score (nSPS) is 13.6. The molecular formula is C20H21FN8O. The van der Waals surface area contributed by atoms with Gasteiger partial charge in [0.1, 0.15) is 11.6 Å². The number of aromatic nitrogens is 4. The number of amides is 1. The van der Waals surface area contributed by atoms with Crippen LogP contribution in [0.3, 0.4) is 0 Å². The SMILES string of the molecule is Cc1cccnc1Nc1nc(Nc2cc3c(cc2F)CCN(C)C3)nnc1C(N)=O. The van der Waals surface area contributed by atoms with Crippen molar-refractivity contribution in [1.82, 2.24) is 25.1 Å². The van der Waals surface area contributed by atoms with E-state index in [-0.39, 0.29) is 23.1 Å². The maximum absolute atomic E-state index is 14.6. The van der Waals surface area contributed by atoms with Crippen molar-refractivity contribution in [2.75, 3.05) is 24.2 Å². The number of fused-ring (bicyclic) bond motifs is 1. The minimum absolute atomic E-state index is 0.0269. The first-order valence-electron chi connectivity index (χ1n) is 9.40. The molecule has 0 saturated carbocycles. The van der Waals surface area contributed by atoms with E-state index in [9.17, 15) is 9.18 Å². The Balaban J connectivity index is 1.66. The third-order valence-corrected chi connectivity index (χ3v) is 4.91. The maximum Gasteiger partial charge on any atom is 0.273 e. The van der Waals surface area contributed by atoms with Gasteiger partial charge in [-0.25, -0.2) is 9.37 Å². The van der Waals surface area contributed by atoms with Crippen LogP contribution in [0.4, 0.5) is 27.7 Å². The Morgan fingerprint density at radius 2 is 2.03 bits per heavy atom. The monoisotopic (exact) mass is 408 g/mol. The molecule has 0 saturated heterocycles. The fraction of sp³-hybridized carbons (Fsp3) is 0.250. The second-order valence-electron chi connectivity index (χ2n) is 7.20. The molecule has 4 rings (SSSR count). The summed E-state index contributed by atoms with van der Waals surface area (Å²) >= 11 is 0. The molecule has 3 heterocycles. The van der Waals surface area contributed by atoms with Crippen molar-refractivity contribution in [3.63, 3.8) is 0 Å². The van der Waals surface area contributed by atoms with Gasteiger partial charge in [-0.3, -0.25) is 4.79 Å². The van der Waals surface area contributed by atoms with Crippen LogP contribution in [0.25, 0.3) is 0 Å². The lowest BCUT2D eigenvalue weighted by Crippen LogP contribution is -2.26. The van der Waals surface area contributed by atoms with Crippen LogP contribution in [0.1, 0.15) is 27.2 Å². The molecule has 0 bridgehead atoms. The van der Waals surface area contributed by atoms with Gasteiger partial charge in [0, 0.05) is 19.3 Å². The molecule has 0 radical (unpaired) electrons. The standard InChI is InChI=1S/C20H21FN8O/c1-11-4-3-6-23-18(11)25-19-16(17(22)30)27-28-20(26-19)24-15-9-13-10-29(2)7-5-12(13)8-14(15)21/h3-4,6,8-9H,5,7,10H2,1-2H3,(H2,22,30)(H2,23,24,25,26,28). The van der Waals surface area contributed by atoms with Crippen molar-refractivity contribution < 1.29 is 9.18 Å². The van der Waals surface area contributed by atoms with Gasteiger partial charge in [0.15, 0.2) is 11.5 Å². The van der Waals surface area contributed by atoms with Crippen LogP contribution in [0.2, 0.25) is 0 Å². The third-order valence-electron chi connectivity index (χ3n) is 4.91. The molecule has 9 nitrogen and oxygen atoms in total. The number of nitrogens with one attached hydrogen (secondary N) is 2. The molecule has 1 amide bonds. The second kappa shape index (κ2) is 7.99. The lowest BCUT2D eigenvalue weighted by molar-refractivity contribution is 0.0995. The summed E-state index contributed by atoms with van der Waals surface area (Å²) in [6.45, 7) is 3.48. The Labute approximate surface area is 172 Å². The number of likely N-dealkylation sites (N-methyl/N-ethyl adjacent to an activating group) is 1. The number of benzene rings is 1. The first kappa shape index (κ1) is 19.6. The van der Waals surface area contributed by atoms with Gasteiger partial charge in [-0.05, 0) is 55.3 Å². The summed E-state index contributed by atoms with van der Waals surface area (Å²) in [4.78, 5) is 22.4. The van der Waals surface area contributed by atoms with Gasteiger partial charge in [0.05, 0.1) is 5.69 Å². The quantitative estimate of drug-likeness (QED) is 0.588. The summed E-state index contributed by atoms with van der Waals surface area (Å²) in [5.41, 5.74) is 8.36. The molecule has 1 aliphatic rings. The minimum Gasteiger partial charge on any atom is -0.364 e. The number of hydrogen-bond acceptors (Lipinski definition) is 8. The number of primary amides is 1. The molecule has 0 fully saturated rings. The molecule has 2 aromatic heterocycles. The van der Waals surface area contributed by atoms with E-state index in [1.165, 1.54) is 6.07 Å². The smallest absolute Gasteiger partial charge is 0.273 e. The van der Waals surface area contributed by atoms with Gasteiger partial charge in [0.25, 0.3) is 5.91 Å². The number of rotatable bonds is 5. The Morgan fingerprint density at radius 1 is 1.20 bits per heavy atom. The van der Waals surface area contributed by atoms with Gasteiger partial charge >= 0.3 is 0 Å². The Morgan fingerprint density at radius 3 is 2.80 bits per heavy atom. The van der Waals surface area contributed by atoms with Gasteiger partial charge in [-0.1, -0.05) is 6.07 Å². The lowest BCUT2D eigenvalue weighted by Gasteiger charge is -2.25. The van der Waals surface area contributed by atoms with Crippen LogP contribution in [0.5, 0.6) is 0 Å². The molecule has 3 aromatic rings. The maximum atomic E-state index is 14.6. The second-order valence-corrected chi connectivity index (χ2v) is 7.20. The van der Waals surface area contributed by atoms with Crippen LogP contribution >= 0.6 is 0 Å². The highest BCUT2D eigenvalue weighted by atomic mass is 19.1. The summed E-state index contributed by atoms with van der Waals surface area (Å²) in [7, 11) is 2.02. The van der Waals surface area contributed by atoms with E-state index >= 15 is 0 Å². The number of carbonyl (C=O) groups excluding carboxylic acids is 1. The van der Waals surface area contributed by atoms with Crippen molar-refractivity contribution >= 4 is 29.2 Å². The summed E-state index contributed by atoms with van der Waals surface area (Å²) < 4.78 is 14.6. The van der Waals surface area contributed by atoms with E-state index in [1.807, 2.05) is 20.0 Å². The van der Waals surface area contributed by atoms with Crippen molar-refractivity contribution in [3.8, 4) is 0 Å². The Bertz CT molecular complexity index is 1120. The molecule has 30 heavy (non-hydrogen) atoms. The van der Waals surface area contributed by atoms with E-state index in [4.69, 9.17) is 5.73 Å². The van der Waals surface area contributed by atoms with Crippen molar-refractivity contribution in [1.29, 1.82) is 0 Å². The number of hydrogen-bond donors (Lipinski definition) is 3. The van der Waals surface area contributed by atoms with E-state index in [2.05, 4.69) is 35.7 Å². The zero-order valence-corrected chi connectivity index (χ0v) is 16.6. The zero-order valence-electron chi connectivity index (χ0n) is 16.6. The predicted molar refractivity (Wildman–Crippen MR) is 110 cm³/mol. The van der Waals surface area contributed by atoms with Crippen LogP contribution < -0.4 is 16.4 Å². The fourth-order valence-corrected chi connectivity index (χ4v) is 3.30. The predicted octanol–water partition coefficient (Wildman–Crippen LogP) is 2.29. The van der Waals surface area contributed by atoms with Gasteiger partial charge in [0.2, 0.25) is 5.95 Å². The lowest BCUT2D eigenvalue weighted by atomic mass is 9.99. The highest BCUT2D eigenvalue weighted by molar-refractivity contribution is 5.96. The molecule has 154 valence electrons. The number of pyridine rings is 1. The van der Waals surface area contributed by atoms with Crippen LogP contribution in [-0.2, 0) is 13.0 Å². The number of nitrogens with two attached hydrogens (primary N) is 1. The van der Waals surface area contributed by atoms with Crippen LogP contribution in [-0.4, -0.2) is 44.6 Å². The molecule has 0 atom stereocenters. The Kier molecular flexibility index (Phi) is 5.23. The van der Waals surface area contributed by atoms with Gasteiger partial charge in [-0.2, -0.15) is 4.98 Å².